The largest absolute Gasteiger partial charge is 0.444 e. The number of aryl methyl sites for hydroxylation is 1. The quantitative estimate of drug-likeness (QED) is 0.905. The van der Waals surface area contributed by atoms with Crippen LogP contribution in [0, 0.1) is 6.92 Å². The number of nitrogens with zero attached hydrogens (tertiary/aromatic N) is 2. The van der Waals surface area contributed by atoms with Crippen LogP contribution in [-0.2, 0) is 4.74 Å². The van der Waals surface area contributed by atoms with Crippen molar-refractivity contribution in [2.45, 2.75) is 58.2 Å². The Balaban J connectivity index is 1.68. The Kier molecular flexibility index (Phi) is 4.34. The summed E-state index contributed by atoms with van der Waals surface area (Å²) in [6.45, 7) is 8.14. The summed E-state index contributed by atoms with van der Waals surface area (Å²) >= 11 is 0. The molecule has 2 heterocycles. The van der Waals surface area contributed by atoms with Gasteiger partial charge in [0.25, 0.3) is 5.91 Å². The van der Waals surface area contributed by atoms with Crippen LogP contribution in [0.4, 0.5) is 4.79 Å². The number of nitrogens with one attached hydrogen (secondary N) is 1. The fourth-order valence-electron chi connectivity index (χ4n) is 2.97. The Morgan fingerprint density at radius 1 is 1.24 bits per heavy atom. The van der Waals surface area contributed by atoms with E-state index in [1.807, 2.05) is 20.8 Å². The Morgan fingerprint density at radius 2 is 1.88 bits per heavy atom. The molecule has 7 nitrogen and oxygen atoms in total. The number of H-pyrrole nitrogens is 1. The molecule has 1 N–H and O–H groups in total. The molecule has 0 atom stereocenters. The van der Waals surface area contributed by atoms with E-state index in [1.165, 1.54) is 12.3 Å². The molecule has 0 radical (unpaired) electrons. The molecule has 3 rings (SSSR count). The molecule has 1 saturated heterocycles. The van der Waals surface area contributed by atoms with E-state index >= 15 is 0 Å². The highest BCUT2D eigenvalue weighted by Gasteiger charge is 2.45. The first-order valence-electron chi connectivity index (χ1n) is 8.65. The molecule has 1 aromatic rings. The van der Waals surface area contributed by atoms with E-state index in [2.05, 4.69) is 4.98 Å². The fourth-order valence-corrected chi connectivity index (χ4v) is 2.97. The van der Waals surface area contributed by atoms with Crippen LogP contribution in [-0.4, -0.2) is 57.6 Å². The molecule has 0 aromatic carbocycles. The molecule has 2 amide bonds. The second kappa shape index (κ2) is 6.20. The molecule has 2 aliphatic rings. The average Bonchev–Trinajstić information content (AvgIpc) is 3.23. The van der Waals surface area contributed by atoms with Crippen molar-refractivity contribution >= 4 is 12.0 Å². The van der Waals surface area contributed by atoms with Gasteiger partial charge in [-0.05, 0) is 40.5 Å². The van der Waals surface area contributed by atoms with Gasteiger partial charge >= 0.3 is 6.09 Å². The van der Waals surface area contributed by atoms with Gasteiger partial charge in [0.15, 0.2) is 5.43 Å². The molecule has 0 unspecified atom stereocenters. The molecule has 1 aliphatic heterocycles. The van der Waals surface area contributed by atoms with Crippen LogP contribution in [0.15, 0.2) is 17.1 Å². The summed E-state index contributed by atoms with van der Waals surface area (Å²) in [7, 11) is 0. The topological polar surface area (TPSA) is 82.7 Å². The standard InChI is InChI=1S/C18H25N3O4/c1-11-7-15(22)14(8-19-11)16(23)21(12-5-6-12)13-9-20(10-13)17(24)25-18(2,3)4/h7-8,12-13H,5-6,9-10H2,1-4H3,(H,19,22). The number of hydrogen-bond acceptors (Lipinski definition) is 4. The van der Waals surface area contributed by atoms with Gasteiger partial charge in [0.2, 0.25) is 0 Å². The van der Waals surface area contributed by atoms with Gasteiger partial charge in [-0.15, -0.1) is 0 Å². The normalized spacial score (nSPS) is 17.8. The molecule has 1 saturated carbocycles. The number of hydrogen-bond donors (Lipinski definition) is 1. The number of likely N-dealkylation sites (tertiary alicyclic amines) is 1. The fraction of sp³-hybridized carbons (Fsp3) is 0.611. The molecular weight excluding hydrogens is 322 g/mol. The molecule has 1 aromatic heterocycles. The second-order valence-electron chi connectivity index (χ2n) is 7.88. The number of ether oxygens (including phenoxy) is 1. The summed E-state index contributed by atoms with van der Waals surface area (Å²) in [5, 5.41) is 0. The van der Waals surface area contributed by atoms with Crippen molar-refractivity contribution < 1.29 is 14.3 Å². The molecule has 2 fully saturated rings. The van der Waals surface area contributed by atoms with Crippen LogP contribution in [0.1, 0.15) is 49.7 Å². The third kappa shape index (κ3) is 3.86. The Hall–Kier alpha value is -2.31. The first kappa shape index (κ1) is 17.5. The Morgan fingerprint density at radius 3 is 2.40 bits per heavy atom. The summed E-state index contributed by atoms with van der Waals surface area (Å²) in [6, 6.07) is 1.54. The van der Waals surface area contributed by atoms with Gasteiger partial charge < -0.3 is 19.5 Å². The lowest BCUT2D eigenvalue weighted by atomic mass is 10.1. The van der Waals surface area contributed by atoms with Crippen molar-refractivity contribution in [2.24, 2.45) is 0 Å². The van der Waals surface area contributed by atoms with E-state index < -0.39 is 5.60 Å². The van der Waals surface area contributed by atoms with Crippen molar-refractivity contribution in [3.05, 3.63) is 33.7 Å². The molecule has 0 spiro atoms. The van der Waals surface area contributed by atoms with Crippen LogP contribution in [0.25, 0.3) is 0 Å². The summed E-state index contributed by atoms with van der Waals surface area (Å²) in [5.74, 6) is -0.252. The zero-order chi connectivity index (χ0) is 18.4. The van der Waals surface area contributed by atoms with Gasteiger partial charge in [-0.3, -0.25) is 9.59 Å². The Bertz CT molecular complexity index is 739. The molecule has 136 valence electrons. The zero-order valence-electron chi connectivity index (χ0n) is 15.2. The van der Waals surface area contributed by atoms with Gasteiger partial charge in [-0.2, -0.15) is 0 Å². The first-order valence-corrected chi connectivity index (χ1v) is 8.65. The molecule has 7 heteroatoms. The second-order valence-corrected chi connectivity index (χ2v) is 7.88. The number of carbonyl (C=O) groups is 2. The van der Waals surface area contributed by atoms with E-state index in [-0.39, 0.29) is 35.1 Å². The number of carbonyl (C=O) groups excluding carboxylic acids is 2. The lowest BCUT2D eigenvalue weighted by Crippen LogP contribution is -2.63. The van der Waals surface area contributed by atoms with Crippen molar-refractivity contribution in [1.29, 1.82) is 0 Å². The maximum Gasteiger partial charge on any atom is 0.410 e. The van der Waals surface area contributed by atoms with E-state index in [1.54, 1.807) is 16.7 Å². The van der Waals surface area contributed by atoms with Crippen LogP contribution < -0.4 is 5.43 Å². The highest BCUT2D eigenvalue weighted by molar-refractivity contribution is 5.94. The van der Waals surface area contributed by atoms with Crippen molar-refractivity contribution in [3.63, 3.8) is 0 Å². The highest BCUT2D eigenvalue weighted by atomic mass is 16.6. The van der Waals surface area contributed by atoms with E-state index in [0.29, 0.717) is 13.1 Å². The van der Waals surface area contributed by atoms with Crippen molar-refractivity contribution in [3.8, 4) is 0 Å². The molecule has 25 heavy (non-hydrogen) atoms. The van der Waals surface area contributed by atoms with E-state index in [0.717, 1.165) is 18.5 Å². The van der Waals surface area contributed by atoms with E-state index in [9.17, 15) is 14.4 Å². The van der Waals surface area contributed by atoms with Gasteiger partial charge in [-0.25, -0.2) is 4.79 Å². The van der Waals surface area contributed by atoms with Gasteiger partial charge in [-0.1, -0.05) is 0 Å². The number of aromatic nitrogens is 1. The SMILES string of the molecule is Cc1cc(=O)c(C(=O)N(C2CC2)C2CN(C(=O)OC(C)(C)C)C2)c[nH]1. The predicted octanol–water partition coefficient (Wildman–Crippen LogP) is 1.91. The lowest BCUT2D eigenvalue weighted by Gasteiger charge is -2.45. The summed E-state index contributed by atoms with van der Waals surface area (Å²) < 4.78 is 5.35. The average molecular weight is 347 g/mol. The summed E-state index contributed by atoms with van der Waals surface area (Å²) in [4.78, 5) is 43.4. The smallest absolute Gasteiger partial charge is 0.410 e. The molecule has 1 aliphatic carbocycles. The monoisotopic (exact) mass is 347 g/mol. The third-order valence-corrected chi connectivity index (χ3v) is 4.37. The summed E-state index contributed by atoms with van der Waals surface area (Å²) in [5.41, 5.74) is 0.0753. The number of pyridine rings is 1. The minimum absolute atomic E-state index is 0.0618. The number of rotatable bonds is 3. The molecule has 0 bridgehead atoms. The first-order chi connectivity index (χ1) is 11.7. The van der Waals surface area contributed by atoms with Crippen molar-refractivity contribution in [1.82, 2.24) is 14.8 Å². The van der Waals surface area contributed by atoms with Crippen molar-refractivity contribution in [2.75, 3.05) is 13.1 Å². The predicted molar refractivity (Wildman–Crippen MR) is 92.6 cm³/mol. The summed E-state index contributed by atoms with van der Waals surface area (Å²) in [6.07, 6.45) is 3.01. The lowest BCUT2D eigenvalue weighted by molar-refractivity contribution is -0.0142. The zero-order valence-corrected chi connectivity index (χ0v) is 15.2. The minimum Gasteiger partial charge on any atom is -0.444 e. The number of aromatic amines is 1. The van der Waals surface area contributed by atoms with E-state index in [4.69, 9.17) is 4.74 Å². The molecular formula is C18H25N3O4. The highest BCUT2D eigenvalue weighted by Crippen LogP contribution is 2.33. The van der Waals surface area contributed by atoms with Crippen LogP contribution in [0.5, 0.6) is 0 Å². The minimum atomic E-state index is -0.538. The van der Waals surface area contributed by atoms with Crippen LogP contribution in [0.2, 0.25) is 0 Å². The third-order valence-electron chi connectivity index (χ3n) is 4.37. The van der Waals surface area contributed by atoms with Crippen LogP contribution in [0.3, 0.4) is 0 Å². The van der Waals surface area contributed by atoms with Crippen LogP contribution >= 0.6 is 0 Å². The maximum absolute atomic E-state index is 12.9. The Labute approximate surface area is 147 Å². The van der Waals surface area contributed by atoms with Gasteiger partial charge in [0, 0.05) is 37.1 Å². The number of amides is 2. The maximum atomic E-state index is 12.9. The van der Waals surface area contributed by atoms with Gasteiger partial charge in [0.1, 0.15) is 11.2 Å². The van der Waals surface area contributed by atoms with Gasteiger partial charge in [0.05, 0.1) is 6.04 Å².